The molecule has 2 heterocycles. The van der Waals surface area contributed by atoms with Crippen molar-refractivity contribution in [3.8, 4) is 5.75 Å². The van der Waals surface area contributed by atoms with Crippen molar-refractivity contribution in [2.24, 2.45) is 0 Å². The number of hydrogen-bond acceptors (Lipinski definition) is 4. The van der Waals surface area contributed by atoms with Gasteiger partial charge in [-0.05, 0) is 55.3 Å². The monoisotopic (exact) mass is 381 g/mol. The summed E-state index contributed by atoms with van der Waals surface area (Å²) in [5.41, 5.74) is 1.46. The molecular formula is C21H20ClN3O2. The first kappa shape index (κ1) is 17.6. The molecule has 0 aliphatic carbocycles. The minimum Gasteiger partial charge on any atom is -0.481 e. The van der Waals surface area contributed by atoms with Crippen LogP contribution in [-0.4, -0.2) is 30.6 Å². The number of rotatable bonds is 5. The lowest BCUT2D eigenvalue weighted by atomic mass is 10.2. The third-order valence-corrected chi connectivity index (χ3v) is 4.84. The fraction of sp³-hybridized carbons (Fsp3) is 0.238. The number of aromatic nitrogens is 1. The molecule has 1 saturated heterocycles. The number of nitrogens with one attached hydrogen (secondary N) is 1. The van der Waals surface area contributed by atoms with Gasteiger partial charge in [-0.2, -0.15) is 0 Å². The number of nitrogens with zero attached hydrogens (tertiary/aromatic N) is 2. The Kier molecular flexibility index (Phi) is 5.12. The van der Waals surface area contributed by atoms with Crippen LogP contribution in [0.2, 0.25) is 5.02 Å². The summed E-state index contributed by atoms with van der Waals surface area (Å²) >= 11 is 5.86. The number of para-hydroxylation sites is 1. The van der Waals surface area contributed by atoms with Gasteiger partial charge < -0.3 is 15.0 Å². The van der Waals surface area contributed by atoms with Gasteiger partial charge in [-0.1, -0.05) is 23.7 Å². The molecule has 4 rings (SSSR count). The second kappa shape index (κ2) is 7.84. The van der Waals surface area contributed by atoms with Crippen LogP contribution in [0.15, 0.2) is 54.6 Å². The van der Waals surface area contributed by atoms with E-state index < -0.39 is 0 Å². The van der Waals surface area contributed by atoms with E-state index in [0.29, 0.717) is 16.5 Å². The van der Waals surface area contributed by atoms with E-state index in [0.717, 1.165) is 29.8 Å². The molecule has 1 aliphatic heterocycles. The predicted octanol–water partition coefficient (Wildman–Crippen LogP) is 4.51. The molecule has 3 aromatic rings. The Morgan fingerprint density at radius 2 is 1.85 bits per heavy atom. The predicted molar refractivity (Wildman–Crippen MR) is 109 cm³/mol. The third-order valence-electron chi connectivity index (χ3n) is 4.59. The highest BCUT2D eigenvalue weighted by Gasteiger charge is 2.15. The van der Waals surface area contributed by atoms with Crippen LogP contribution in [0.4, 0.5) is 11.5 Å². The maximum absolute atomic E-state index is 12.2. The zero-order valence-electron chi connectivity index (χ0n) is 14.8. The Bertz CT molecular complexity index is 953. The van der Waals surface area contributed by atoms with E-state index >= 15 is 0 Å². The molecule has 5 nitrogen and oxygen atoms in total. The van der Waals surface area contributed by atoms with Gasteiger partial charge in [-0.15, -0.1) is 0 Å². The van der Waals surface area contributed by atoms with E-state index in [1.807, 2.05) is 24.3 Å². The quantitative estimate of drug-likeness (QED) is 0.706. The molecular weight excluding hydrogens is 362 g/mol. The van der Waals surface area contributed by atoms with Gasteiger partial charge in [0.2, 0.25) is 0 Å². The first-order valence-corrected chi connectivity index (χ1v) is 9.40. The molecule has 6 heteroatoms. The number of amides is 1. The lowest BCUT2D eigenvalue weighted by molar-refractivity contribution is -0.118. The maximum atomic E-state index is 12.2. The summed E-state index contributed by atoms with van der Waals surface area (Å²) in [4.78, 5) is 19.2. The molecule has 1 aliphatic rings. The molecule has 0 spiro atoms. The summed E-state index contributed by atoms with van der Waals surface area (Å²) in [7, 11) is 0. The Morgan fingerprint density at radius 3 is 2.63 bits per heavy atom. The zero-order valence-corrected chi connectivity index (χ0v) is 15.6. The molecule has 138 valence electrons. The van der Waals surface area contributed by atoms with Crippen LogP contribution in [0.3, 0.4) is 0 Å². The molecule has 0 saturated carbocycles. The van der Waals surface area contributed by atoms with E-state index in [1.54, 1.807) is 24.3 Å². The van der Waals surface area contributed by atoms with Crippen molar-refractivity contribution in [3.05, 3.63) is 59.6 Å². The molecule has 0 bridgehead atoms. The molecule has 2 aromatic carbocycles. The Hall–Kier alpha value is -2.79. The van der Waals surface area contributed by atoms with Gasteiger partial charge in [0.05, 0.1) is 0 Å². The molecule has 0 atom stereocenters. The summed E-state index contributed by atoms with van der Waals surface area (Å²) in [6, 6.07) is 16.8. The summed E-state index contributed by atoms with van der Waals surface area (Å²) in [6.45, 7) is 1.98. The van der Waals surface area contributed by atoms with Gasteiger partial charge >= 0.3 is 0 Å². The molecule has 1 N–H and O–H groups in total. The minimum absolute atomic E-state index is 0.0860. The highest BCUT2D eigenvalue weighted by atomic mass is 35.5. The lowest BCUT2D eigenvalue weighted by Gasteiger charge is -2.17. The third kappa shape index (κ3) is 4.14. The van der Waals surface area contributed by atoms with Crippen LogP contribution in [0.1, 0.15) is 12.8 Å². The van der Waals surface area contributed by atoms with E-state index in [-0.39, 0.29) is 12.5 Å². The molecule has 0 radical (unpaired) electrons. The smallest absolute Gasteiger partial charge is 0.262 e. The fourth-order valence-corrected chi connectivity index (χ4v) is 3.35. The molecule has 27 heavy (non-hydrogen) atoms. The zero-order chi connectivity index (χ0) is 18.6. The van der Waals surface area contributed by atoms with Crippen LogP contribution >= 0.6 is 11.6 Å². The number of anilines is 2. The second-order valence-electron chi connectivity index (χ2n) is 6.54. The average Bonchev–Trinajstić information content (AvgIpc) is 3.22. The van der Waals surface area contributed by atoms with E-state index in [4.69, 9.17) is 21.3 Å². The summed E-state index contributed by atoms with van der Waals surface area (Å²) in [5.74, 6) is 1.34. The number of hydrogen-bond donors (Lipinski definition) is 1. The van der Waals surface area contributed by atoms with Crippen molar-refractivity contribution in [1.82, 2.24) is 4.98 Å². The highest BCUT2D eigenvalue weighted by Crippen LogP contribution is 2.27. The van der Waals surface area contributed by atoms with Crippen LogP contribution < -0.4 is 15.0 Å². The van der Waals surface area contributed by atoms with Gasteiger partial charge in [0.1, 0.15) is 17.1 Å². The Morgan fingerprint density at radius 1 is 1.07 bits per heavy atom. The summed E-state index contributed by atoms with van der Waals surface area (Å²) in [6.07, 6.45) is 2.39. The minimum atomic E-state index is -0.231. The second-order valence-corrected chi connectivity index (χ2v) is 6.97. The number of halogens is 1. The summed E-state index contributed by atoms with van der Waals surface area (Å²) < 4.78 is 5.78. The lowest BCUT2D eigenvalue weighted by Crippen LogP contribution is -2.20. The first-order valence-electron chi connectivity index (χ1n) is 9.02. The van der Waals surface area contributed by atoms with Crippen LogP contribution in [0, 0.1) is 0 Å². The van der Waals surface area contributed by atoms with E-state index in [1.165, 1.54) is 12.8 Å². The summed E-state index contributed by atoms with van der Waals surface area (Å²) in [5, 5.41) is 4.41. The van der Waals surface area contributed by atoms with Crippen LogP contribution in [-0.2, 0) is 4.79 Å². The number of carbonyl (C=O) groups excluding carboxylic acids is 1. The highest BCUT2D eigenvalue weighted by molar-refractivity contribution is 6.30. The maximum Gasteiger partial charge on any atom is 0.262 e. The molecule has 1 aromatic heterocycles. The number of ether oxygens (including phenoxy) is 1. The largest absolute Gasteiger partial charge is 0.481 e. The SMILES string of the molecule is O=C(COc1cccc2ccc(N3CCCC3)nc12)Nc1ccc(Cl)cc1. The van der Waals surface area contributed by atoms with Crippen molar-refractivity contribution >= 4 is 39.9 Å². The van der Waals surface area contributed by atoms with Crippen LogP contribution in [0.5, 0.6) is 5.75 Å². The van der Waals surface area contributed by atoms with Crippen molar-refractivity contribution in [2.45, 2.75) is 12.8 Å². The van der Waals surface area contributed by atoms with Gasteiger partial charge in [0.25, 0.3) is 5.91 Å². The first-order chi connectivity index (χ1) is 13.2. The number of carbonyl (C=O) groups is 1. The van der Waals surface area contributed by atoms with Crippen molar-refractivity contribution < 1.29 is 9.53 Å². The fourth-order valence-electron chi connectivity index (χ4n) is 3.22. The topological polar surface area (TPSA) is 54.5 Å². The van der Waals surface area contributed by atoms with Crippen molar-refractivity contribution in [1.29, 1.82) is 0 Å². The van der Waals surface area contributed by atoms with Crippen molar-refractivity contribution in [3.63, 3.8) is 0 Å². The normalized spacial score (nSPS) is 13.7. The average molecular weight is 382 g/mol. The van der Waals surface area contributed by atoms with E-state index in [2.05, 4.69) is 16.3 Å². The molecule has 0 unspecified atom stereocenters. The molecule has 1 fully saturated rings. The number of benzene rings is 2. The Balaban J connectivity index is 1.48. The van der Waals surface area contributed by atoms with Gasteiger partial charge in [-0.25, -0.2) is 4.98 Å². The Labute approximate surface area is 162 Å². The van der Waals surface area contributed by atoms with Gasteiger partial charge in [0.15, 0.2) is 6.61 Å². The standard InChI is InChI=1S/C21H20ClN3O2/c22-16-7-9-17(10-8-16)23-20(26)14-27-18-5-3-4-15-6-11-19(24-21(15)18)25-12-1-2-13-25/h3-11H,1-2,12-14H2,(H,23,26). The molecule has 1 amide bonds. The van der Waals surface area contributed by atoms with Crippen molar-refractivity contribution in [2.75, 3.05) is 29.9 Å². The number of fused-ring (bicyclic) bond motifs is 1. The number of pyridine rings is 1. The van der Waals surface area contributed by atoms with E-state index in [9.17, 15) is 4.79 Å². The van der Waals surface area contributed by atoms with Gasteiger partial charge in [0, 0.05) is 29.2 Å². The van der Waals surface area contributed by atoms with Crippen LogP contribution in [0.25, 0.3) is 10.9 Å². The van der Waals surface area contributed by atoms with Gasteiger partial charge in [-0.3, -0.25) is 4.79 Å².